The number of para-hydroxylation sites is 1. The van der Waals surface area contributed by atoms with Crippen molar-refractivity contribution in [3.63, 3.8) is 0 Å². The van der Waals surface area contributed by atoms with E-state index in [9.17, 15) is 9.18 Å². The minimum atomic E-state index is -0.274. The van der Waals surface area contributed by atoms with Gasteiger partial charge in [0.05, 0.1) is 19.3 Å². The number of carbonyl (C=O) groups excluding carboxylic acids is 1. The molecular weight excluding hydrogens is 395 g/mol. The minimum absolute atomic E-state index is 0.0581. The minimum Gasteiger partial charge on any atom is -0.457 e. The van der Waals surface area contributed by atoms with Gasteiger partial charge in [0.2, 0.25) is 0 Å². The van der Waals surface area contributed by atoms with Gasteiger partial charge in [-0.2, -0.15) is 0 Å². The third-order valence-electron chi connectivity index (χ3n) is 5.27. The zero-order valence-electron chi connectivity index (χ0n) is 17.2. The summed E-state index contributed by atoms with van der Waals surface area (Å²) in [5.74, 6) is 0.855. The number of halogens is 1. The van der Waals surface area contributed by atoms with E-state index in [1.54, 1.807) is 30.3 Å². The lowest BCUT2D eigenvalue weighted by Gasteiger charge is -2.35. The van der Waals surface area contributed by atoms with E-state index in [1.165, 1.54) is 12.1 Å². The number of morpholine rings is 1. The zero-order chi connectivity index (χ0) is 21.5. The van der Waals surface area contributed by atoms with Crippen molar-refractivity contribution in [2.75, 3.05) is 32.8 Å². The fourth-order valence-electron chi connectivity index (χ4n) is 3.65. The average Bonchev–Trinajstić information content (AvgIpc) is 2.82. The van der Waals surface area contributed by atoms with Crippen LogP contribution in [0.3, 0.4) is 0 Å². The van der Waals surface area contributed by atoms with Crippen LogP contribution in [0.5, 0.6) is 11.5 Å². The molecule has 1 fully saturated rings. The first-order valence-electron chi connectivity index (χ1n) is 10.4. The van der Waals surface area contributed by atoms with Gasteiger partial charge in [0, 0.05) is 25.2 Å². The Kier molecular flexibility index (Phi) is 6.92. The molecule has 1 amide bonds. The van der Waals surface area contributed by atoms with Crippen LogP contribution < -0.4 is 10.1 Å². The molecule has 1 aliphatic heterocycles. The Morgan fingerprint density at radius 1 is 0.968 bits per heavy atom. The molecule has 6 heteroatoms. The monoisotopic (exact) mass is 420 g/mol. The summed E-state index contributed by atoms with van der Waals surface area (Å²) in [6.07, 6.45) is 0. The number of amides is 1. The maximum Gasteiger partial charge on any atom is 0.251 e. The largest absolute Gasteiger partial charge is 0.457 e. The first-order chi connectivity index (χ1) is 15.2. The van der Waals surface area contributed by atoms with Crippen molar-refractivity contribution >= 4 is 5.91 Å². The molecule has 5 nitrogen and oxygen atoms in total. The quantitative estimate of drug-likeness (QED) is 0.615. The first-order valence-corrected chi connectivity index (χ1v) is 10.4. The Morgan fingerprint density at radius 3 is 2.42 bits per heavy atom. The van der Waals surface area contributed by atoms with Crippen LogP contribution in [0.1, 0.15) is 22.0 Å². The van der Waals surface area contributed by atoms with Crippen LogP contribution in [0, 0.1) is 5.82 Å². The van der Waals surface area contributed by atoms with E-state index in [-0.39, 0.29) is 17.8 Å². The number of benzene rings is 3. The summed E-state index contributed by atoms with van der Waals surface area (Å²) in [7, 11) is 0. The van der Waals surface area contributed by atoms with Crippen molar-refractivity contribution in [1.29, 1.82) is 0 Å². The Morgan fingerprint density at radius 2 is 1.68 bits per heavy atom. The molecule has 0 spiro atoms. The van der Waals surface area contributed by atoms with Crippen molar-refractivity contribution in [3.8, 4) is 11.5 Å². The van der Waals surface area contributed by atoms with E-state index >= 15 is 0 Å². The van der Waals surface area contributed by atoms with Gasteiger partial charge in [-0.1, -0.05) is 36.4 Å². The Bertz CT molecular complexity index is 989. The van der Waals surface area contributed by atoms with Crippen LogP contribution in [0.25, 0.3) is 0 Å². The molecule has 0 aromatic heterocycles. The van der Waals surface area contributed by atoms with Crippen molar-refractivity contribution in [1.82, 2.24) is 10.2 Å². The highest BCUT2D eigenvalue weighted by Gasteiger charge is 2.23. The smallest absolute Gasteiger partial charge is 0.251 e. The van der Waals surface area contributed by atoms with Crippen molar-refractivity contribution in [3.05, 3.63) is 95.8 Å². The highest BCUT2D eigenvalue weighted by atomic mass is 19.1. The molecule has 0 unspecified atom stereocenters. The molecule has 0 radical (unpaired) electrons. The summed E-state index contributed by atoms with van der Waals surface area (Å²) < 4.78 is 24.7. The van der Waals surface area contributed by atoms with Gasteiger partial charge in [-0.05, 0) is 48.0 Å². The van der Waals surface area contributed by atoms with Gasteiger partial charge in [-0.3, -0.25) is 9.69 Å². The third kappa shape index (κ3) is 5.69. The van der Waals surface area contributed by atoms with Gasteiger partial charge in [0.1, 0.15) is 17.3 Å². The van der Waals surface area contributed by atoms with Crippen LogP contribution >= 0.6 is 0 Å². The third-order valence-corrected chi connectivity index (χ3v) is 5.27. The first kappa shape index (κ1) is 21.0. The fraction of sp³-hybridized carbons (Fsp3) is 0.240. The molecule has 1 heterocycles. The molecule has 4 rings (SSSR count). The number of ether oxygens (including phenoxy) is 2. The lowest BCUT2D eigenvalue weighted by atomic mass is 10.0. The summed E-state index contributed by atoms with van der Waals surface area (Å²) in [5, 5.41) is 3.03. The molecule has 160 valence electrons. The van der Waals surface area contributed by atoms with Crippen LogP contribution in [0.2, 0.25) is 0 Å². The molecule has 31 heavy (non-hydrogen) atoms. The second-order valence-corrected chi connectivity index (χ2v) is 7.37. The molecule has 3 aromatic rings. The van der Waals surface area contributed by atoms with Crippen molar-refractivity contribution in [2.45, 2.75) is 6.04 Å². The van der Waals surface area contributed by atoms with E-state index in [4.69, 9.17) is 9.47 Å². The molecule has 1 N–H and O–H groups in total. The van der Waals surface area contributed by atoms with Crippen LogP contribution in [0.15, 0.2) is 78.9 Å². The van der Waals surface area contributed by atoms with E-state index in [1.807, 2.05) is 36.4 Å². The summed E-state index contributed by atoms with van der Waals surface area (Å²) >= 11 is 0. The Balaban J connectivity index is 1.45. The molecular formula is C25H25FN2O3. The summed E-state index contributed by atoms with van der Waals surface area (Å²) in [6.45, 7) is 3.22. The highest BCUT2D eigenvalue weighted by molar-refractivity contribution is 5.94. The van der Waals surface area contributed by atoms with E-state index < -0.39 is 0 Å². The summed E-state index contributed by atoms with van der Waals surface area (Å²) in [6, 6.07) is 22.9. The molecule has 0 saturated carbocycles. The Labute approximate surface area is 181 Å². The lowest BCUT2D eigenvalue weighted by Crippen LogP contribution is -2.43. The maximum absolute atomic E-state index is 13.4. The van der Waals surface area contributed by atoms with Gasteiger partial charge in [-0.25, -0.2) is 4.39 Å². The van der Waals surface area contributed by atoms with Gasteiger partial charge in [0.25, 0.3) is 5.91 Å². The second kappa shape index (κ2) is 10.2. The number of nitrogens with one attached hydrogen (secondary N) is 1. The zero-order valence-corrected chi connectivity index (χ0v) is 17.2. The van der Waals surface area contributed by atoms with Crippen molar-refractivity contribution < 1.29 is 18.7 Å². The van der Waals surface area contributed by atoms with Gasteiger partial charge < -0.3 is 14.8 Å². The molecule has 3 aromatic carbocycles. The Hall–Kier alpha value is -3.22. The normalized spacial score (nSPS) is 15.3. The standard InChI is InChI=1S/C25H25FN2O3/c26-21-11-9-19(10-12-21)24(28-13-15-30-16-14-28)18-27-25(29)20-5-4-8-23(17-20)31-22-6-2-1-3-7-22/h1-12,17,24H,13-16,18H2,(H,27,29)/t24-/m0/s1. The second-order valence-electron chi connectivity index (χ2n) is 7.37. The molecule has 1 saturated heterocycles. The summed E-state index contributed by atoms with van der Waals surface area (Å²) in [4.78, 5) is 15.1. The molecule has 0 bridgehead atoms. The fourth-order valence-corrected chi connectivity index (χ4v) is 3.65. The topological polar surface area (TPSA) is 50.8 Å². The maximum atomic E-state index is 13.4. The number of hydrogen-bond donors (Lipinski definition) is 1. The predicted molar refractivity (Wildman–Crippen MR) is 117 cm³/mol. The number of carbonyl (C=O) groups is 1. The number of hydrogen-bond acceptors (Lipinski definition) is 4. The van der Waals surface area contributed by atoms with Crippen LogP contribution in [0.4, 0.5) is 4.39 Å². The lowest BCUT2D eigenvalue weighted by molar-refractivity contribution is 0.0162. The van der Waals surface area contributed by atoms with Crippen LogP contribution in [-0.4, -0.2) is 43.7 Å². The summed E-state index contributed by atoms with van der Waals surface area (Å²) in [5.41, 5.74) is 1.48. The van der Waals surface area contributed by atoms with E-state index in [0.717, 1.165) is 18.7 Å². The average molecular weight is 420 g/mol. The van der Waals surface area contributed by atoms with Crippen LogP contribution in [-0.2, 0) is 4.74 Å². The van der Waals surface area contributed by atoms with Gasteiger partial charge in [-0.15, -0.1) is 0 Å². The van der Waals surface area contributed by atoms with Gasteiger partial charge >= 0.3 is 0 Å². The molecule has 1 atom stereocenters. The molecule has 1 aliphatic rings. The SMILES string of the molecule is O=C(NC[C@@H](c1ccc(F)cc1)N1CCOCC1)c1cccc(Oc2ccccc2)c1. The number of nitrogens with zero attached hydrogens (tertiary/aromatic N) is 1. The van der Waals surface area contributed by atoms with E-state index in [0.29, 0.717) is 36.8 Å². The molecule has 0 aliphatic carbocycles. The van der Waals surface area contributed by atoms with Gasteiger partial charge in [0.15, 0.2) is 0 Å². The van der Waals surface area contributed by atoms with Crippen molar-refractivity contribution in [2.24, 2.45) is 0 Å². The number of rotatable bonds is 7. The predicted octanol–water partition coefficient (Wildman–Crippen LogP) is 4.42. The highest BCUT2D eigenvalue weighted by Crippen LogP contribution is 2.23. The van der Waals surface area contributed by atoms with E-state index in [2.05, 4.69) is 10.2 Å².